The van der Waals surface area contributed by atoms with Crippen molar-refractivity contribution in [1.82, 2.24) is 9.97 Å². The van der Waals surface area contributed by atoms with Crippen LogP contribution in [0.5, 0.6) is 0 Å². The van der Waals surface area contributed by atoms with Crippen LogP contribution < -0.4 is 5.73 Å². The Morgan fingerprint density at radius 2 is 1.88 bits per heavy atom. The predicted octanol–water partition coefficient (Wildman–Crippen LogP) is 5.44. The highest BCUT2D eigenvalue weighted by Crippen LogP contribution is 2.40. The maximum absolute atomic E-state index is 13.9. The molecule has 32 heavy (non-hydrogen) atoms. The van der Waals surface area contributed by atoms with Crippen molar-refractivity contribution in [2.45, 2.75) is 50.6 Å². The van der Waals surface area contributed by atoms with Gasteiger partial charge in [-0.1, -0.05) is 6.07 Å². The molecular formula is C23H21F4N3O2. The molecule has 2 N–H and O–H groups in total. The van der Waals surface area contributed by atoms with Crippen molar-refractivity contribution >= 4 is 5.91 Å². The van der Waals surface area contributed by atoms with Crippen LogP contribution in [0.2, 0.25) is 0 Å². The lowest BCUT2D eigenvalue weighted by atomic mass is 10.0. The van der Waals surface area contributed by atoms with E-state index >= 15 is 0 Å². The van der Waals surface area contributed by atoms with E-state index in [0.29, 0.717) is 17.4 Å². The maximum atomic E-state index is 13.9. The summed E-state index contributed by atoms with van der Waals surface area (Å²) in [6.07, 6.45) is 3.31. The number of aryl methyl sites for hydroxylation is 2. The van der Waals surface area contributed by atoms with Crippen molar-refractivity contribution in [2.24, 2.45) is 5.73 Å². The molecule has 5 rings (SSSR count). The topological polar surface area (TPSA) is 82.0 Å². The maximum Gasteiger partial charge on any atom is 0.416 e. The SMILES string of the molecule is Fc1cnc(C2CC2)cc1-c1nc2c(o1)CCCC2.NC(=O)c1cccc(C(F)(F)F)c1. The fourth-order valence-electron chi connectivity index (χ4n) is 3.54. The lowest BCUT2D eigenvalue weighted by molar-refractivity contribution is -0.137. The summed E-state index contributed by atoms with van der Waals surface area (Å²) >= 11 is 0. The van der Waals surface area contributed by atoms with E-state index in [4.69, 9.17) is 10.2 Å². The average Bonchev–Trinajstić information content (AvgIpc) is 3.52. The second-order valence-corrected chi connectivity index (χ2v) is 7.90. The second-order valence-electron chi connectivity index (χ2n) is 7.90. The van der Waals surface area contributed by atoms with E-state index < -0.39 is 17.6 Å². The monoisotopic (exact) mass is 447 g/mol. The van der Waals surface area contributed by atoms with Crippen molar-refractivity contribution < 1.29 is 26.8 Å². The van der Waals surface area contributed by atoms with Gasteiger partial charge in [0.25, 0.3) is 0 Å². The fraction of sp³-hybridized carbons (Fsp3) is 0.348. The molecule has 9 heteroatoms. The number of primary amides is 1. The lowest BCUT2D eigenvalue weighted by Crippen LogP contribution is -2.13. The van der Waals surface area contributed by atoms with Gasteiger partial charge in [-0.3, -0.25) is 9.78 Å². The van der Waals surface area contributed by atoms with Crippen molar-refractivity contribution in [1.29, 1.82) is 0 Å². The quantitative estimate of drug-likeness (QED) is 0.543. The molecule has 0 spiro atoms. The number of nitrogens with two attached hydrogens (primary N) is 1. The van der Waals surface area contributed by atoms with Gasteiger partial charge in [-0.05, 0) is 56.4 Å². The van der Waals surface area contributed by atoms with Gasteiger partial charge in [0.1, 0.15) is 5.76 Å². The molecule has 5 nitrogen and oxygen atoms in total. The van der Waals surface area contributed by atoms with Gasteiger partial charge in [-0.25, -0.2) is 9.37 Å². The summed E-state index contributed by atoms with van der Waals surface area (Å²) in [5.74, 6) is 0.650. The molecule has 0 saturated heterocycles. The smallest absolute Gasteiger partial charge is 0.416 e. The molecule has 0 unspecified atom stereocenters. The summed E-state index contributed by atoms with van der Waals surface area (Å²) in [6.45, 7) is 0. The van der Waals surface area contributed by atoms with Gasteiger partial charge in [0.15, 0.2) is 5.82 Å². The van der Waals surface area contributed by atoms with Gasteiger partial charge in [0, 0.05) is 23.6 Å². The van der Waals surface area contributed by atoms with Gasteiger partial charge < -0.3 is 10.2 Å². The molecule has 0 bridgehead atoms. The molecule has 0 radical (unpaired) electrons. The van der Waals surface area contributed by atoms with Crippen molar-refractivity contribution in [3.8, 4) is 11.5 Å². The molecule has 1 fully saturated rings. The summed E-state index contributed by atoms with van der Waals surface area (Å²) in [5.41, 5.74) is 6.24. The zero-order chi connectivity index (χ0) is 22.9. The number of carbonyl (C=O) groups excluding carboxylic acids is 1. The minimum atomic E-state index is -4.44. The van der Waals surface area contributed by atoms with Crippen molar-refractivity contribution in [2.75, 3.05) is 0 Å². The zero-order valence-electron chi connectivity index (χ0n) is 17.1. The number of halogens is 4. The third-order valence-electron chi connectivity index (χ3n) is 5.42. The standard InChI is InChI=1S/C15H15FN2O.C8H6F3NO/c16-11-8-17-13(9-5-6-9)7-10(11)15-18-12-3-1-2-4-14(12)19-15;9-8(10,11)6-3-1-2-5(4-6)7(12)13/h7-9H,1-6H2;1-4H,(H2,12,13). The number of carbonyl (C=O) groups is 1. The molecule has 1 aromatic carbocycles. The normalized spacial score (nSPS) is 15.5. The fourth-order valence-corrected chi connectivity index (χ4v) is 3.54. The van der Waals surface area contributed by atoms with Crippen LogP contribution in [-0.4, -0.2) is 15.9 Å². The lowest BCUT2D eigenvalue weighted by Gasteiger charge is -2.06. The van der Waals surface area contributed by atoms with E-state index in [0.717, 1.165) is 73.9 Å². The highest BCUT2D eigenvalue weighted by molar-refractivity contribution is 5.92. The molecule has 0 aliphatic heterocycles. The van der Waals surface area contributed by atoms with E-state index in [1.165, 1.54) is 12.3 Å². The first-order chi connectivity index (χ1) is 15.2. The summed E-state index contributed by atoms with van der Waals surface area (Å²) < 4.78 is 55.9. The summed E-state index contributed by atoms with van der Waals surface area (Å²) in [5, 5.41) is 0. The number of hydrogen-bond acceptors (Lipinski definition) is 4. The molecule has 0 atom stereocenters. The first-order valence-corrected chi connectivity index (χ1v) is 10.3. The van der Waals surface area contributed by atoms with Crippen LogP contribution in [0.1, 0.15) is 64.7 Å². The number of amides is 1. The molecule has 1 amide bonds. The van der Waals surface area contributed by atoms with Crippen molar-refractivity contribution in [3.63, 3.8) is 0 Å². The highest BCUT2D eigenvalue weighted by atomic mass is 19.4. The van der Waals surface area contributed by atoms with Crippen LogP contribution in [0.4, 0.5) is 17.6 Å². The predicted molar refractivity (Wildman–Crippen MR) is 108 cm³/mol. The van der Waals surface area contributed by atoms with Gasteiger partial charge in [-0.15, -0.1) is 0 Å². The first kappa shape index (κ1) is 22.0. The van der Waals surface area contributed by atoms with Crippen LogP contribution in [-0.2, 0) is 19.0 Å². The number of alkyl halides is 3. The Hall–Kier alpha value is -3.23. The van der Waals surface area contributed by atoms with Gasteiger partial charge in [0.2, 0.25) is 11.8 Å². The summed E-state index contributed by atoms with van der Waals surface area (Å²) in [4.78, 5) is 19.2. The summed E-state index contributed by atoms with van der Waals surface area (Å²) in [7, 11) is 0. The molecular weight excluding hydrogens is 426 g/mol. The van der Waals surface area contributed by atoms with E-state index in [-0.39, 0.29) is 11.4 Å². The molecule has 2 heterocycles. The minimum absolute atomic E-state index is 0.144. The number of aromatic nitrogens is 2. The molecule has 168 valence electrons. The van der Waals surface area contributed by atoms with Crippen LogP contribution in [0.15, 0.2) is 40.9 Å². The van der Waals surface area contributed by atoms with Gasteiger partial charge in [-0.2, -0.15) is 13.2 Å². The molecule has 1 saturated carbocycles. The Labute approximate surface area is 181 Å². The Morgan fingerprint density at radius 1 is 1.12 bits per heavy atom. The number of benzene rings is 1. The third-order valence-corrected chi connectivity index (χ3v) is 5.42. The Morgan fingerprint density at radius 3 is 2.53 bits per heavy atom. The molecule has 3 aromatic rings. The number of pyridine rings is 1. The summed E-state index contributed by atoms with van der Waals surface area (Å²) in [6, 6.07) is 5.79. The number of fused-ring (bicyclic) bond motifs is 1. The first-order valence-electron chi connectivity index (χ1n) is 10.3. The third kappa shape index (κ3) is 4.98. The largest absolute Gasteiger partial charge is 0.441 e. The van der Waals surface area contributed by atoms with E-state index in [2.05, 4.69) is 9.97 Å². The van der Waals surface area contributed by atoms with Crippen LogP contribution in [0.25, 0.3) is 11.5 Å². The molecule has 2 aromatic heterocycles. The van der Waals surface area contributed by atoms with Crippen molar-refractivity contribution in [3.05, 3.63) is 70.6 Å². The van der Waals surface area contributed by atoms with Gasteiger partial charge >= 0.3 is 6.18 Å². The van der Waals surface area contributed by atoms with Crippen LogP contribution >= 0.6 is 0 Å². The Balaban J connectivity index is 0.000000166. The number of oxazole rings is 1. The molecule has 2 aliphatic rings. The van der Waals surface area contributed by atoms with Crippen LogP contribution in [0, 0.1) is 5.82 Å². The molecule has 2 aliphatic carbocycles. The van der Waals surface area contributed by atoms with E-state index in [1.807, 2.05) is 6.07 Å². The van der Waals surface area contributed by atoms with E-state index in [9.17, 15) is 22.4 Å². The highest BCUT2D eigenvalue weighted by Gasteiger charge is 2.30. The average molecular weight is 447 g/mol. The number of rotatable bonds is 3. The number of nitrogens with zero attached hydrogens (tertiary/aromatic N) is 2. The van der Waals surface area contributed by atoms with Crippen LogP contribution in [0.3, 0.4) is 0 Å². The van der Waals surface area contributed by atoms with E-state index in [1.54, 1.807) is 0 Å². The number of hydrogen-bond donors (Lipinski definition) is 1. The minimum Gasteiger partial charge on any atom is -0.441 e. The Kier molecular flexibility index (Phi) is 5.99. The second kappa shape index (κ2) is 8.72. The van der Waals surface area contributed by atoms with Gasteiger partial charge in [0.05, 0.1) is 23.0 Å². The zero-order valence-corrected chi connectivity index (χ0v) is 17.1. The Bertz CT molecular complexity index is 1110.